The van der Waals surface area contributed by atoms with Crippen molar-refractivity contribution in [3.05, 3.63) is 5.21 Å². The normalized spacial score (nSPS) is 30.6. The predicted molar refractivity (Wildman–Crippen MR) is 33.6 cm³/mol. The summed E-state index contributed by atoms with van der Waals surface area (Å²) in [4.78, 5) is 17.3. The van der Waals surface area contributed by atoms with Crippen molar-refractivity contribution in [3.8, 4) is 0 Å². The zero-order chi connectivity index (χ0) is 7.61. The Labute approximate surface area is 58.0 Å². The number of carbonyl (C=O) groups is 1. The van der Waals surface area contributed by atoms with Crippen molar-refractivity contribution in [1.29, 1.82) is 0 Å². The molecule has 1 rings (SSSR count). The molecule has 0 aromatic rings. The molecule has 0 saturated heterocycles. The molecule has 0 spiro atoms. The molecule has 0 fully saturated rings. The Balaban J connectivity index is 2.52. The van der Waals surface area contributed by atoms with Gasteiger partial charge in [-0.15, -0.1) is 4.81 Å². The maximum atomic E-state index is 11.1. The van der Waals surface area contributed by atoms with Gasteiger partial charge in [-0.1, -0.05) is 0 Å². The number of aliphatic imine (C=N–C) groups is 1. The van der Waals surface area contributed by atoms with Crippen LogP contribution in [0.2, 0.25) is 0 Å². The topological polar surface area (TPSA) is 61.7 Å². The largest absolute Gasteiger partial charge is 0.583 e. The highest BCUT2D eigenvalue weighted by molar-refractivity contribution is 5.66. The van der Waals surface area contributed by atoms with Gasteiger partial charge in [0.05, 0.1) is 6.54 Å². The van der Waals surface area contributed by atoms with Gasteiger partial charge in [0.1, 0.15) is 6.54 Å². The van der Waals surface area contributed by atoms with Gasteiger partial charge in [0.2, 0.25) is 6.34 Å². The Kier molecular flexibility index (Phi) is 1.69. The molecule has 0 aromatic carbocycles. The third-order valence-electron chi connectivity index (χ3n) is 1.08. The number of quaternary nitrogens is 1. The lowest BCUT2D eigenvalue weighted by Gasteiger charge is -2.28. The van der Waals surface area contributed by atoms with E-state index < -0.39 is 10.8 Å². The van der Waals surface area contributed by atoms with Crippen molar-refractivity contribution in [2.75, 3.05) is 13.1 Å². The second-order valence-electron chi connectivity index (χ2n) is 2.05. The summed E-state index contributed by atoms with van der Waals surface area (Å²) in [5.41, 5.74) is 0. The second kappa shape index (κ2) is 2.36. The third-order valence-corrected chi connectivity index (χ3v) is 1.08. The van der Waals surface area contributed by atoms with Gasteiger partial charge >= 0.3 is 5.97 Å². The summed E-state index contributed by atoms with van der Waals surface area (Å²) in [6, 6.07) is 0. The molecule has 0 radical (unpaired) electrons. The van der Waals surface area contributed by atoms with E-state index in [1.807, 2.05) is 0 Å². The molecule has 0 bridgehead atoms. The van der Waals surface area contributed by atoms with E-state index in [9.17, 15) is 10.0 Å². The summed E-state index contributed by atoms with van der Waals surface area (Å²) in [5.74, 6) is -0.580. The van der Waals surface area contributed by atoms with E-state index in [0.29, 0.717) is 6.54 Å². The van der Waals surface area contributed by atoms with Crippen molar-refractivity contribution in [1.82, 2.24) is 0 Å². The molecular weight excluding hydrogens is 136 g/mol. The smallest absolute Gasteiger partial charge is 0.364 e. The molecular formula is C5H8N2O3. The molecule has 0 amide bonds. The Bertz CT molecular complexity index is 180. The molecule has 56 valence electrons. The maximum absolute atomic E-state index is 11.1. The van der Waals surface area contributed by atoms with Crippen LogP contribution in [0.4, 0.5) is 0 Å². The zero-order valence-corrected chi connectivity index (χ0v) is 5.61. The average Bonchev–Trinajstić information content (AvgIpc) is 2.12. The molecule has 0 saturated carbocycles. The minimum Gasteiger partial charge on any atom is -0.583 e. The molecule has 5 nitrogen and oxygen atoms in total. The Morgan fingerprint density at radius 1 is 1.90 bits per heavy atom. The van der Waals surface area contributed by atoms with E-state index in [-0.39, 0.29) is 6.54 Å². The van der Waals surface area contributed by atoms with E-state index in [4.69, 9.17) is 0 Å². The number of rotatable bonds is 1. The van der Waals surface area contributed by atoms with Crippen LogP contribution in [0.1, 0.15) is 6.92 Å². The summed E-state index contributed by atoms with van der Waals surface area (Å²) in [6.45, 7) is 1.82. The quantitative estimate of drug-likeness (QED) is 0.379. The maximum Gasteiger partial charge on any atom is 0.364 e. The van der Waals surface area contributed by atoms with Gasteiger partial charge in [-0.05, 0) is 0 Å². The van der Waals surface area contributed by atoms with Crippen LogP contribution in [-0.4, -0.2) is 30.2 Å². The number of hydrogen-bond donors (Lipinski definition) is 0. The Hall–Kier alpha value is -0.940. The number of hydroxylamine groups is 4. The summed E-state index contributed by atoms with van der Waals surface area (Å²) >= 11 is 0. The van der Waals surface area contributed by atoms with Gasteiger partial charge in [-0.3, -0.25) is 4.84 Å². The third kappa shape index (κ3) is 1.52. The van der Waals surface area contributed by atoms with Crippen LogP contribution < -0.4 is 0 Å². The van der Waals surface area contributed by atoms with Crippen LogP contribution in [0.15, 0.2) is 4.99 Å². The van der Waals surface area contributed by atoms with Crippen LogP contribution >= 0.6 is 0 Å². The van der Waals surface area contributed by atoms with Crippen molar-refractivity contribution in [3.63, 3.8) is 0 Å². The summed E-state index contributed by atoms with van der Waals surface area (Å²) in [5, 5.41) is 11.1. The van der Waals surface area contributed by atoms with Gasteiger partial charge in [0.25, 0.3) is 0 Å². The van der Waals surface area contributed by atoms with Gasteiger partial charge in [0, 0.05) is 6.92 Å². The van der Waals surface area contributed by atoms with Crippen molar-refractivity contribution in [2.24, 2.45) is 4.99 Å². The monoisotopic (exact) mass is 144 g/mol. The van der Waals surface area contributed by atoms with Crippen molar-refractivity contribution in [2.45, 2.75) is 6.92 Å². The summed E-state index contributed by atoms with van der Waals surface area (Å²) < 4.78 is 0. The van der Waals surface area contributed by atoms with Gasteiger partial charge < -0.3 is 5.21 Å². The standard InChI is InChI=1S/C5H8N2O3/c1-5(8)10-7(9)3-2-6-4-7/h4H,2-3H2,1H3. The average molecular weight is 144 g/mol. The predicted octanol–water partition coefficient (Wildman–Crippen LogP) is -0.179. The first kappa shape index (κ1) is 7.17. The van der Waals surface area contributed by atoms with Gasteiger partial charge in [0.15, 0.2) is 0 Å². The number of carbonyl (C=O) groups excluding carboxylic acids is 1. The van der Waals surface area contributed by atoms with E-state index in [1.165, 1.54) is 6.92 Å². The first-order valence-electron chi connectivity index (χ1n) is 2.92. The SMILES string of the molecule is CC(=O)O[N+]1([O-])C=NCC1. The van der Waals surface area contributed by atoms with Crippen LogP contribution in [0, 0.1) is 5.21 Å². The van der Waals surface area contributed by atoms with Crippen LogP contribution in [0.3, 0.4) is 0 Å². The van der Waals surface area contributed by atoms with E-state index in [0.717, 1.165) is 6.34 Å². The Morgan fingerprint density at radius 2 is 2.60 bits per heavy atom. The molecule has 1 heterocycles. The first-order valence-corrected chi connectivity index (χ1v) is 2.92. The molecule has 5 heteroatoms. The van der Waals surface area contributed by atoms with Gasteiger partial charge in [-0.2, -0.15) is 0 Å². The van der Waals surface area contributed by atoms with Crippen molar-refractivity contribution < 1.29 is 14.4 Å². The van der Waals surface area contributed by atoms with E-state index >= 15 is 0 Å². The van der Waals surface area contributed by atoms with Gasteiger partial charge in [-0.25, -0.2) is 9.79 Å². The molecule has 0 aliphatic carbocycles. The highest BCUT2D eigenvalue weighted by Crippen LogP contribution is 2.07. The van der Waals surface area contributed by atoms with E-state index in [2.05, 4.69) is 9.83 Å². The van der Waals surface area contributed by atoms with Crippen LogP contribution in [0.5, 0.6) is 0 Å². The van der Waals surface area contributed by atoms with E-state index in [1.54, 1.807) is 0 Å². The fraction of sp³-hybridized carbons (Fsp3) is 0.600. The molecule has 1 atom stereocenters. The lowest BCUT2D eigenvalue weighted by Crippen LogP contribution is -2.40. The molecule has 0 aromatic heterocycles. The number of hydrogen-bond acceptors (Lipinski definition) is 4. The molecule has 1 aliphatic rings. The highest BCUT2D eigenvalue weighted by Gasteiger charge is 2.23. The molecule has 1 unspecified atom stereocenters. The lowest BCUT2D eigenvalue weighted by molar-refractivity contribution is -0.966. The second-order valence-corrected chi connectivity index (χ2v) is 2.05. The molecule has 10 heavy (non-hydrogen) atoms. The summed E-state index contributed by atoms with van der Waals surface area (Å²) in [7, 11) is 0. The lowest BCUT2D eigenvalue weighted by atomic mass is 10.7. The molecule has 0 N–H and O–H groups in total. The van der Waals surface area contributed by atoms with Crippen molar-refractivity contribution >= 4 is 12.3 Å². The number of nitrogens with zero attached hydrogens (tertiary/aromatic N) is 2. The highest BCUT2D eigenvalue weighted by atomic mass is 16.9. The zero-order valence-electron chi connectivity index (χ0n) is 5.61. The molecule has 1 aliphatic heterocycles. The minimum atomic E-state index is -1.06. The van der Waals surface area contributed by atoms with Crippen LogP contribution in [0.25, 0.3) is 0 Å². The Morgan fingerprint density at radius 3 is 3.00 bits per heavy atom. The fourth-order valence-corrected chi connectivity index (χ4v) is 0.724. The van der Waals surface area contributed by atoms with Crippen LogP contribution in [-0.2, 0) is 9.63 Å². The summed E-state index contributed by atoms with van der Waals surface area (Å²) in [6.07, 6.45) is 1.08. The fourth-order valence-electron chi connectivity index (χ4n) is 0.724. The minimum absolute atomic E-state index is 0.194. The first-order chi connectivity index (χ1) is 4.62.